The van der Waals surface area contributed by atoms with Gasteiger partial charge in [-0.1, -0.05) is 37.5 Å². The maximum atomic E-state index is 13.9. The number of rotatable bonds is 5. The Morgan fingerprint density at radius 1 is 1.30 bits per heavy atom. The van der Waals surface area contributed by atoms with Crippen LogP contribution in [0.2, 0.25) is 0 Å². The summed E-state index contributed by atoms with van der Waals surface area (Å²) in [5, 5.41) is 6.42. The number of benzene rings is 1. The summed E-state index contributed by atoms with van der Waals surface area (Å²) in [4.78, 5) is 12.8. The highest BCUT2D eigenvalue weighted by molar-refractivity contribution is 5.85. The molecule has 0 bridgehead atoms. The number of nitrogens with one attached hydrogen (secondary N) is 2. The molecule has 1 aliphatic carbocycles. The number of halogens is 1. The number of hydrogen-bond acceptors (Lipinski definition) is 2. The largest absolute Gasteiger partial charge is 0.353 e. The molecule has 126 valence electrons. The van der Waals surface area contributed by atoms with Gasteiger partial charge in [-0.3, -0.25) is 4.79 Å². The van der Waals surface area contributed by atoms with Gasteiger partial charge in [0.25, 0.3) is 0 Å². The smallest absolute Gasteiger partial charge is 0.229 e. The van der Waals surface area contributed by atoms with Crippen LogP contribution >= 0.6 is 0 Å². The average molecular weight is 318 g/mol. The van der Waals surface area contributed by atoms with E-state index in [4.69, 9.17) is 0 Å². The van der Waals surface area contributed by atoms with Gasteiger partial charge in [-0.15, -0.1) is 0 Å². The lowest BCUT2D eigenvalue weighted by Crippen LogP contribution is -2.64. The van der Waals surface area contributed by atoms with Crippen LogP contribution in [0.25, 0.3) is 0 Å². The van der Waals surface area contributed by atoms with Crippen LogP contribution in [0.1, 0.15) is 44.6 Å². The zero-order chi connectivity index (χ0) is 16.3. The summed E-state index contributed by atoms with van der Waals surface area (Å²) in [6, 6.07) is 6.99. The molecule has 1 saturated heterocycles. The molecule has 1 saturated carbocycles. The predicted molar refractivity (Wildman–Crippen MR) is 89.6 cm³/mol. The Kier molecular flexibility index (Phi) is 5.00. The van der Waals surface area contributed by atoms with Gasteiger partial charge in [0.05, 0.1) is 5.41 Å². The van der Waals surface area contributed by atoms with Crippen LogP contribution in [0.3, 0.4) is 0 Å². The van der Waals surface area contributed by atoms with Crippen molar-refractivity contribution in [2.45, 2.75) is 51.5 Å². The van der Waals surface area contributed by atoms with Crippen molar-refractivity contribution in [3.8, 4) is 0 Å². The molecule has 23 heavy (non-hydrogen) atoms. The third kappa shape index (κ3) is 3.57. The van der Waals surface area contributed by atoms with Crippen LogP contribution < -0.4 is 10.6 Å². The van der Waals surface area contributed by atoms with Crippen molar-refractivity contribution in [2.75, 3.05) is 13.1 Å². The second-order valence-electron chi connectivity index (χ2n) is 7.31. The molecule has 4 heteroatoms. The van der Waals surface area contributed by atoms with Gasteiger partial charge in [0.2, 0.25) is 5.91 Å². The van der Waals surface area contributed by atoms with Crippen molar-refractivity contribution in [3.05, 3.63) is 35.6 Å². The van der Waals surface area contributed by atoms with Crippen molar-refractivity contribution in [3.63, 3.8) is 0 Å². The van der Waals surface area contributed by atoms with E-state index >= 15 is 0 Å². The Morgan fingerprint density at radius 2 is 2.00 bits per heavy atom. The van der Waals surface area contributed by atoms with Crippen LogP contribution in [-0.4, -0.2) is 25.0 Å². The highest BCUT2D eigenvalue weighted by atomic mass is 19.1. The van der Waals surface area contributed by atoms with E-state index in [-0.39, 0.29) is 17.8 Å². The highest BCUT2D eigenvalue weighted by Gasteiger charge is 2.45. The summed E-state index contributed by atoms with van der Waals surface area (Å²) < 4.78 is 13.9. The summed E-state index contributed by atoms with van der Waals surface area (Å²) in [7, 11) is 0. The van der Waals surface area contributed by atoms with E-state index in [0.29, 0.717) is 31.0 Å². The van der Waals surface area contributed by atoms with E-state index < -0.39 is 5.41 Å². The van der Waals surface area contributed by atoms with E-state index in [9.17, 15) is 9.18 Å². The molecule has 1 aromatic carbocycles. The normalized spacial score (nSPS) is 22.2. The fourth-order valence-corrected chi connectivity index (χ4v) is 3.91. The number of carbonyl (C=O) groups is 1. The first-order valence-corrected chi connectivity index (χ1v) is 8.86. The molecule has 1 amide bonds. The molecule has 0 radical (unpaired) electrons. The Hall–Kier alpha value is -1.42. The van der Waals surface area contributed by atoms with Crippen molar-refractivity contribution in [2.24, 2.45) is 11.3 Å². The number of amides is 1. The van der Waals surface area contributed by atoms with Gasteiger partial charge >= 0.3 is 0 Å². The van der Waals surface area contributed by atoms with Crippen molar-refractivity contribution in [1.82, 2.24) is 10.6 Å². The lowest BCUT2D eigenvalue weighted by molar-refractivity contribution is -0.135. The van der Waals surface area contributed by atoms with Crippen LogP contribution in [0.4, 0.5) is 4.39 Å². The summed E-state index contributed by atoms with van der Waals surface area (Å²) >= 11 is 0. The van der Waals surface area contributed by atoms with Gasteiger partial charge in [-0.2, -0.15) is 0 Å². The second-order valence-corrected chi connectivity index (χ2v) is 7.31. The number of hydrogen-bond donors (Lipinski definition) is 2. The minimum Gasteiger partial charge on any atom is -0.353 e. The zero-order valence-corrected chi connectivity index (χ0v) is 13.9. The van der Waals surface area contributed by atoms with Gasteiger partial charge in [0.15, 0.2) is 0 Å². The fourth-order valence-electron chi connectivity index (χ4n) is 3.91. The third-order valence-electron chi connectivity index (χ3n) is 5.61. The van der Waals surface area contributed by atoms with Crippen molar-refractivity contribution >= 4 is 5.91 Å². The summed E-state index contributed by atoms with van der Waals surface area (Å²) in [5.74, 6) is 0.454. The molecule has 0 spiro atoms. The van der Waals surface area contributed by atoms with Crippen LogP contribution in [-0.2, 0) is 11.2 Å². The van der Waals surface area contributed by atoms with E-state index in [1.807, 2.05) is 6.07 Å². The van der Waals surface area contributed by atoms with Gasteiger partial charge in [-0.25, -0.2) is 4.39 Å². The minimum atomic E-state index is -0.495. The molecule has 2 fully saturated rings. The summed E-state index contributed by atoms with van der Waals surface area (Å²) in [6.07, 6.45) is 6.74. The van der Waals surface area contributed by atoms with Gasteiger partial charge in [0.1, 0.15) is 5.82 Å². The van der Waals surface area contributed by atoms with Crippen molar-refractivity contribution in [1.29, 1.82) is 0 Å². The quantitative estimate of drug-likeness (QED) is 0.876. The van der Waals surface area contributed by atoms with Crippen molar-refractivity contribution < 1.29 is 9.18 Å². The molecular weight excluding hydrogens is 291 g/mol. The second kappa shape index (κ2) is 7.00. The first kappa shape index (κ1) is 16.4. The average Bonchev–Trinajstić information content (AvgIpc) is 2.53. The molecular formula is C19H27FN2O. The summed E-state index contributed by atoms with van der Waals surface area (Å²) in [6.45, 7) is 3.38. The Labute approximate surface area is 138 Å². The topological polar surface area (TPSA) is 41.1 Å². The molecule has 1 heterocycles. The number of carbonyl (C=O) groups excluding carboxylic acids is 1. The van der Waals surface area contributed by atoms with E-state index in [1.165, 1.54) is 38.2 Å². The third-order valence-corrected chi connectivity index (χ3v) is 5.61. The summed E-state index contributed by atoms with van der Waals surface area (Å²) in [5.41, 5.74) is 0.139. The monoisotopic (exact) mass is 318 g/mol. The van der Waals surface area contributed by atoms with Crippen LogP contribution in [0.15, 0.2) is 24.3 Å². The standard InChI is InChI=1S/C19H27FN2O/c1-14(15-7-3-2-4-8-15)22-18(23)19(12-21-13-19)11-16-9-5-6-10-17(16)20/h5-6,9-10,14-15,21H,2-4,7-8,11-13H2,1H3,(H,22,23)/t14-/m0/s1. The van der Waals surface area contributed by atoms with E-state index in [2.05, 4.69) is 17.6 Å². The van der Waals surface area contributed by atoms with Gasteiger partial charge < -0.3 is 10.6 Å². The van der Waals surface area contributed by atoms with E-state index in [1.54, 1.807) is 12.1 Å². The van der Waals surface area contributed by atoms with Crippen LogP contribution in [0, 0.1) is 17.2 Å². The molecule has 3 rings (SSSR count). The Bertz CT molecular complexity index is 550. The maximum Gasteiger partial charge on any atom is 0.229 e. The SMILES string of the molecule is C[C@H](NC(=O)C1(Cc2ccccc2F)CNC1)C1CCCCC1. The lowest BCUT2D eigenvalue weighted by atomic mass is 9.74. The van der Waals surface area contributed by atoms with Gasteiger partial charge in [0, 0.05) is 19.1 Å². The molecule has 1 aliphatic heterocycles. The fraction of sp³-hybridized carbons (Fsp3) is 0.632. The first-order valence-electron chi connectivity index (χ1n) is 8.86. The predicted octanol–water partition coefficient (Wildman–Crippen LogP) is 3.04. The van der Waals surface area contributed by atoms with Crippen LogP contribution in [0.5, 0.6) is 0 Å². The zero-order valence-electron chi connectivity index (χ0n) is 13.9. The van der Waals surface area contributed by atoms with E-state index in [0.717, 1.165) is 0 Å². The Balaban J connectivity index is 1.65. The minimum absolute atomic E-state index is 0.0811. The molecule has 1 atom stereocenters. The maximum absolute atomic E-state index is 13.9. The molecule has 2 aliphatic rings. The molecule has 3 nitrogen and oxygen atoms in total. The highest BCUT2D eigenvalue weighted by Crippen LogP contribution is 2.31. The Morgan fingerprint density at radius 3 is 2.61 bits per heavy atom. The molecule has 0 aromatic heterocycles. The molecule has 0 unspecified atom stereocenters. The van der Waals surface area contributed by atoms with Gasteiger partial charge in [-0.05, 0) is 43.7 Å². The lowest BCUT2D eigenvalue weighted by Gasteiger charge is -2.42. The first-order chi connectivity index (χ1) is 11.1. The molecule has 2 N–H and O–H groups in total. The molecule has 1 aromatic rings.